The van der Waals surface area contributed by atoms with Gasteiger partial charge in [-0.05, 0) is 77.9 Å². The molecular weight excluding hydrogens is 367 g/mol. The minimum absolute atomic E-state index is 0.440. The molecule has 0 saturated heterocycles. The smallest absolute Gasteiger partial charge is 0.248 e. The van der Waals surface area contributed by atoms with Gasteiger partial charge < -0.3 is 16.2 Å². The van der Waals surface area contributed by atoms with Gasteiger partial charge in [-0.3, -0.25) is 4.79 Å². The fourth-order valence-electron chi connectivity index (χ4n) is 1.96. The van der Waals surface area contributed by atoms with Crippen molar-refractivity contribution in [3.63, 3.8) is 0 Å². The van der Waals surface area contributed by atoms with Crippen molar-refractivity contribution in [2.75, 3.05) is 5.73 Å². The summed E-state index contributed by atoms with van der Waals surface area (Å²) in [7, 11) is 0. The fraction of sp³-hybridized carbons (Fsp3) is 0.133. The summed E-state index contributed by atoms with van der Waals surface area (Å²) in [4.78, 5) is 11.2. The second kappa shape index (κ2) is 5.70. The van der Waals surface area contributed by atoms with Gasteiger partial charge in [0.25, 0.3) is 0 Å². The number of ether oxygens (including phenoxy) is 1. The van der Waals surface area contributed by atoms with Crippen LogP contribution >= 0.6 is 22.6 Å². The standard InChI is InChI=1S/C15H15IN2O2/c1-8-5-10(15(18)19)6-9(2)14(8)20-13-4-3-11(17)7-12(13)16/h3-7H,17H2,1-2H3,(H2,18,19). The van der Waals surface area contributed by atoms with E-state index in [9.17, 15) is 4.79 Å². The normalized spacial score (nSPS) is 10.3. The van der Waals surface area contributed by atoms with E-state index in [1.165, 1.54) is 0 Å². The first-order chi connectivity index (χ1) is 9.38. The van der Waals surface area contributed by atoms with E-state index in [-0.39, 0.29) is 0 Å². The number of carbonyl (C=O) groups excluding carboxylic acids is 1. The van der Waals surface area contributed by atoms with Crippen LogP contribution in [0.25, 0.3) is 0 Å². The Labute approximate surface area is 131 Å². The Kier molecular flexibility index (Phi) is 4.17. The van der Waals surface area contributed by atoms with Crippen LogP contribution in [0.3, 0.4) is 0 Å². The molecule has 0 aliphatic rings. The number of halogens is 1. The molecule has 4 nitrogen and oxygen atoms in total. The van der Waals surface area contributed by atoms with Gasteiger partial charge in [0.1, 0.15) is 11.5 Å². The highest BCUT2D eigenvalue weighted by Gasteiger charge is 2.12. The Balaban J connectivity index is 2.41. The molecule has 0 aromatic heterocycles. The minimum Gasteiger partial charge on any atom is -0.456 e. The molecule has 0 unspecified atom stereocenters. The zero-order valence-electron chi connectivity index (χ0n) is 11.2. The number of benzene rings is 2. The molecule has 2 aromatic rings. The second-order valence-electron chi connectivity index (χ2n) is 4.60. The van der Waals surface area contributed by atoms with Crippen molar-refractivity contribution in [3.8, 4) is 11.5 Å². The van der Waals surface area contributed by atoms with Crippen molar-refractivity contribution in [2.45, 2.75) is 13.8 Å². The average Bonchev–Trinajstić information content (AvgIpc) is 2.35. The molecule has 0 aliphatic heterocycles. The van der Waals surface area contributed by atoms with Crippen LogP contribution in [0, 0.1) is 17.4 Å². The summed E-state index contributed by atoms with van der Waals surface area (Å²) in [6, 6.07) is 8.93. The lowest BCUT2D eigenvalue weighted by molar-refractivity contribution is 0.1000. The number of carbonyl (C=O) groups is 1. The van der Waals surface area contributed by atoms with Crippen molar-refractivity contribution in [1.29, 1.82) is 0 Å². The highest BCUT2D eigenvalue weighted by atomic mass is 127. The number of aryl methyl sites for hydroxylation is 2. The molecule has 2 rings (SSSR count). The van der Waals surface area contributed by atoms with Gasteiger partial charge in [-0.1, -0.05) is 0 Å². The lowest BCUT2D eigenvalue weighted by atomic mass is 10.1. The molecule has 0 atom stereocenters. The van der Waals surface area contributed by atoms with Gasteiger partial charge >= 0.3 is 0 Å². The summed E-state index contributed by atoms with van der Waals surface area (Å²) in [6.07, 6.45) is 0. The largest absolute Gasteiger partial charge is 0.456 e. The SMILES string of the molecule is Cc1cc(C(N)=O)cc(C)c1Oc1ccc(N)cc1I. The van der Waals surface area contributed by atoms with Gasteiger partial charge in [0.2, 0.25) is 5.91 Å². The highest BCUT2D eigenvalue weighted by Crippen LogP contribution is 2.33. The molecule has 0 radical (unpaired) electrons. The molecule has 0 bridgehead atoms. The van der Waals surface area contributed by atoms with E-state index in [0.717, 1.165) is 26.2 Å². The van der Waals surface area contributed by atoms with Crippen molar-refractivity contribution in [3.05, 3.63) is 50.6 Å². The summed E-state index contributed by atoms with van der Waals surface area (Å²) >= 11 is 2.17. The van der Waals surface area contributed by atoms with Crippen LogP contribution in [-0.4, -0.2) is 5.91 Å². The third-order valence-electron chi connectivity index (χ3n) is 2.91. The van der Waals surface area contributed by atoms with Crippen molar-refractivity contribution >= 4 is 34.2 Å². The summed E-state index contributed by atoms with van der Waals surface area (Å²) in [5.41, 5.74) is 13.9. The van der Waals surface area contributed by atoms with Gasteiger partial charge in [-0.2, -0.15) is 0 Å². The van der Waals surface area contributed by atoms with E-state index in [0.29, 0.717) is 11.3 Å². The molecule has 0 spiro atoms. The van der Waals surface area contributed by atoms with Crippen LogP contribution in [0.2, 0.25) is 0 Å². The lowest BCUT2D eigenvalue weighted by Crippen LogP contribution is -2.11. The Morgan fingerprint density at radius 2 is 1.75 bits per heavy atom. The number of anilines is 1. The predicted octanol–water partition coefficient (Wildman–Crippen LogP) is 3.38. The van der Waals surface area contributed by atoms with Gasteiger partial charge in [-0.25, -0.2) is 0 Å². The maximum Gasteiger partial charge on any atom is 0.248 e. The molecule has 0 fully saturated rings. The predicted molar refractivity (Wildman–Crippen MR) is 88.1 cm³/mol. The van der Waals surface area contributed by atoms with Crippen LogP contribution in [0.4, 0.5) is 5.69 Å². The molecule has 20 heavy (non-hydrogen) atoms. The summed E-state index contributed by atoms with van der Waals surface area (Å²) < 4.78 is 6.88. The first kappa shape index (κ1) is 14.6. The Bertz CT molecular complexity index is 661. The third kappa shape index (κ3) is 3.04. The lowest BCUT2D eigenvalue weighted by Gasteiger charge is -2.14. The Morgan fingerprint density at radius 3 is 2.25 bits per heavy atom. The monoisotopic (exact) mass is 382 g/mol. The Hall–Kier alpha value is -1.76. The van der Waals surface area contributed by atoms with Gasteiger partial charge in [0.05, 0.1) is 3.57 Å². The number of hydrogen-bond acceptors (Lipinski definition) is 3. The quantitative estimate of drug-likeness (QED) is 0.631. The molecule has 0 saturated carbocycles. The van der Waals surface area contributed by atoms with Crippen LogP contribution in [-0.2, 0) is 0 Å². The summed E-state index contributed by atoms with van der Waals surface area (Å²) in [6.45, 7) is 3.78. The average molecular weight is 382 g/mol. The van der Waals surface area contributed by atoms with Crippen LogP contribution in [0.1, 0.15) is 21.5 Å². The maximum atomic E-state index is 11.2. The number of rotatable bonds is 3. The number of primary amides is 1. The molecule has 5 heteroatoms. The van der Waals surface area contributed by atoms with E-state index >= 15 is 0 Å². The van der Waals surface area contributed by atoms with Crippen molar-refractivity contribution < 1.29 is 9.53 Å². The van der Waals surface area contributed by atoms with Crippen molar-refractivity contribution in [1.82, 2.24) is 0 Å². The number of amides is 1. The van der Waals surface area contributed by atoms with E-state index < -0.39 is 5.91 Å². The molecule has 104 valence electrons. The second-order valence-corrected chi connectivity index (χ2v) is 5.76. The molecule has 2 aromatic carbocycles. The van der Waals surface area contributed by atoms with Crippen LogP contribution < -0.4 is 16.2 Å². The van der Waals surface area contributed by atoms with E-state index in [2.05, 4.69) is 22.6 Å². The maximum absolute atomic E-state index is 11.2. The van der Waals surface area contributed by atoms with Crippen LogP contribution in [0.15, 0.2) is 30.3 Å². The minimum atomic E-state index is -0.440. The number of nitrogens with two attached hydrogens (primary N) is 2. The number of hydrogen-bond donors (Lipinski definition) is 2. The molecule has 0 heterocycles. The zero-order chi connectivity index (χ0) is 14.9. The zero-order valence-corrected chi connectivity index (χ0v) is 13.4. The first-order valence-electron chi connectivity index (χ1n) is 6.02. The third-order valence-corrected chi connectivity index (χ3v) is 3.76. The van der Waals surface area contributed by atoms with Gasteiger partial charge in [0, 0.05) is 11.3 Å². The van der Waals surface area contributed by atoms with Gasteiger partial charge in [0.15, 0.2) is 0 Å². The van der Waals surface area contributed by atoms with E-state index in [1.807, 2.05) is 26.0 Å². The highest BCUT2D eigenvalue weighted by molar-refractivity contribution is 14.1. The molecule has 4 N–H and O–H groups in total. The van der Waals surface area contributed by atoms with Gasteiger partial charge in [-0.15, -0.1) is 0 Å². The van der Waals surface area contributed by atoms with Crippen LogP contribution in [0.5, 0.6) is 11.5 Å². The summed E-state index contributed by atoms with van der Waals surface area (Å²) in [5.74, 6) is 1.03. The summed E-state index contributed by atoms with van der Waals surface area (Å²) in [5, 5.41) is 0. The molecule has 0 aliphatic carbocycles. The van der Waals surface area contributed by atoms with E-state index in [4.69, 9.17) is 16.2 Å². The topological polar surface area (TPSA) is 78.3 Å². The fourth-order valence-corrected chi connectivity index (χ4v) is 2.61. The van der Waals surface area contributed by atoms with E-state index in [1.54, 1.807) is 18.2 Å². The Morgan fingerprint density at radius 1 is 1.15 bits per heavy atom. The molecular formula is C15H15IN2O2. The first-order valence-corrected chi connectivity index (χ1v) is 7.10. The molecule has 1 amide bonds. The number of nitrogen functional groups attached to an aromatic ring is 1. The van der Waals surface area contributed by atoms with Crippen molar-refractivity contribution in [2.24, 2.45) is 5.73 Å².